The minimum atomic E-state index is -0.307. The highest BCUT2D eigenvalue weighted by molar-refractivity contribution is 7.07. The second-order valence-electron chi connectivity index (χ2n) is 6.14. The zero-order valence-corrected chi connectivity index (χ0v) is 15.6. The topological polar surface area (TPSA) is 29.6 Å². The molecule has 0 aliphatic carbocycles. The normalized spacial score (nSPS) is 12.8. The van der Waals surface area contributed by atoms with Crippen LogP contribution in [-0.2, 0) is 0 Å². The maximum Gasteiger partial charge on any atom is 0.206 e. The summed E-state index contributed by atoms with van der Waals surface area (Å²) in [5.74, 6) is -0.597. The Morgan fingerprint density at radius 1 is 1.04 bits per heavy atom. The lowest BCUT2D eigenvalue weighted by Gasteiger charge is -2.07. The van der Waals surface area contributed by atoms with Crippen molar-refractivity contribution < 1.29 is 8.78 Å². The van der Waals surface area contributed by atoms with E-state index in [9.17, 15) is 8.78 Å². The summed E-state index contributed by atoms with van der Waals surface area (Å²) in [6.45, 7) is 5.81. The number of nitrogens with zero attached hydrogens (tertiary/aromatic N) is 3. The molecule has 0 saturated carbocycles. The molecule has 3 rings (SSSR count). The predicted octanol–water partition coefficient (Wildman–Crippen LogP) is 5.08. The summed E-state index contributed by atoms with van der Waals surface area (Å²) < 4.78 is 28.5. The Bertz CT molecular complexity index is 998. The smallest absolute Gasteiger partial charge is 0.206 e. The standard InChI is InChI=1S/C20H19F2N3S/c1-13(2)23-20-25(24-14(3)16-5-4-6-18(22)11-16)19(12-26-20)15-7-9-17(21)10-8-15/h4-13H,1-3H3. The summed E-state index contributed by atoms with van der Waals surface area (Å²) in [7, 11) is 0. The first kappa shape index (κ1) is 18.2. The molecule has 134 valence electrons. The minimum absolute atomic E-state index is 0.102. The predicted molar refractivity (Wildman–Crippen MR) is 102 cm³/mol. The molecule has 0 amide bonds. The molecule has 2 aromatic carbocycles. The van der Waals surface area contributed by atoms with Gasteiger partial charge in [-0.2, -0.15) is 5.10 Å². The summed E-state index contributed by atoms with van der Waals surface area (Å²) in [5, 5.41) is 6.61. The van der Waals surface area contributed by atoms with Crippen molar-refractivity contribution in [2.24, 2.45) is 10.1 Å². The molecule has 3 aromatic rings. The molecule has 0 radical (unpaired) electrons. The molecule has 1 aromatic heterocycles. The molecule has 6 heteroatoms. The molecule has 0 saturated heterocycles. The van der Waals surface area contributed by atoms with Crippen LogP contribution in [0.25, 0.3) is 11.3 Å². The number of thiazole rings is 1. The van der Waals surface area contributed by atoms with Gasteiger partial charge in [0.25, 0.3) is 0 Å². The zero-order valence-electron chi connectivity index (χ0n) is 14.8. The van der Waals surface area contributed by atoms with Gasteiger partial charge < -0.3 is 0 Å². The molecule has 0 aliphatic heterocycles. The first-order valence-corrected chi connectivity index (χ1v) is 9.14. The van der Waals surface area contributed by atoms with E-state index in [4.69, 9.17) is 0 Å². The van der Waals surface area contributed by atoms with Crippen LogP contribution in [-0.4, -0.2) is 16.4 Å². The number of benzene rings is 2. The average molecular weight is 371 g/mol. The number of hydrogen-bond donors (Lipinski definition) is 0. The Morgan fingerprint density at radius 3 is 2.42 bits per heavy atom. The summed E-state index contributed by atoms with van der Waals surface area (Å²) in [6, 6.07) is 12.7. The second-order valence-corrected chi connectivity index (χ2v) is 6.98. The maximum atomic E-state index is 13.5. The van der Waals surface area contributed by atoms with Crippen LogP contribution in [0.1, 0.15) is 26.3 Å². The molecule has 0 bridgehead atoms. The molecule has 0 aliphatic rings. The van der Waals surface area contributed by atoms with Crippen molar-refractivity contribution in [3.63, 3.8) is 0 Å². The van der Waals surface area contributed by atoms with Crippen molar-refractivity contribution in [2.75, 3.05) is 0 Å². The van der Waals surface area contributed by atoms with Gasteiger partial charge in [-0.25, -0.2) is 13.5 Å². The maximum absolute atomic E-state index is 13.5. The van der Waals surface area contributed by atoms with Gasteiger partial charge in [0.2, 0.25) is 4.80 Å². The van der Waals surface area contributed by atoms with E-state index in [1.165, 1.54) is 35.6 Å². The number of rotatable bonds is 4. The third-order valence-electron chi connectivity index (χ3n) is 3.69. The minimum Gasteiger partial charge on any atom is -0.255 e. The fraction of sp³-hybridized carbons (Fsp3) is 0.200. The molecule has 0 fully saturated rings. The Balaban J connectivity index is 2.16. The molecule has 3 nitrogen and oxygen atoms in total. The van der Waals surface area contributed by atoms with Crippen molar-refractivity contribution in [1.29, 1.82) is 0 Å². The Kier molecular flexibility index (Phi) is 5.42. The van der Waals surface area contributed by atoms with E-state index in [0.717, 1.165) is 16.1 Å². The Labute approximate surface area is 155 Å². The van der Waals surface area contributed by atoms with Gasteiger partial charge in [0.15, 0.2) is 0 Å². The van der Waals surface area contributed by atoms with Gasteiger partial charge in [-0.15, -0.1) is 11.3 Å². The first-order valence-electron chi connectivity index (χ1n) is 8.26. The van der Waals surface area contributed by atoms with E-state index < -0.39 is 0 Å². The molecule has 0 N–H and O–H groups in total. The van der Waals surface area contributed by atoms with Crippen LogP contribution in [0.3, 0.4) is 0 Å². The molecule has 0 unspecified atom stereocenters. The van der Waals surface area contributed by atoms with Crippen molar-refractivity contribution in [2.45, 2.75) is 26.8 Å². The molecule has 26 heavy (non-hydrogen) atoms. The lowest BCUT2D eigenvalue weighted by atomic mass is 10.1. The second kappa shape index (κ2) is 7.74. The Hall–Kier alpha value is -2.60. The summed E-state index contributed by atoms with van der Waals surface area (Å²) in [6.07, 6.45) is 0. The van der Waals surface area contributed by atoms with Crippen LogP contribution in [0.15, 0.2) is 64.0 Å². The van der Waals surface area contributed by atoms with Gasteiger partial charge >= 0.3 is 0 Å². The molecular formula is C20H19F2N3S. The van der Waals surface area contributed by atoms with E-state index >= 15 is 0 Å². The highest BCUT2D eigenvalue weighted by Crippen LogP contribution is 2.21. The fourth-order valence-electron chi connectivity index (χ4n) is 2.45. The van der Waals surface area contributed by atoms with Crippen LogP contribution in [0.4, 0.5) is 8.78 Å². The largest absolute Gasteiger partial charge is 0.255 e. The van der Waals surface area contributed by atoms with Crippen molar-refractivity contribution in [1.82, 2.24) is 4.68 Å². The van der Waals surface area contributed by atoms with Gasteiger partial charge in [0, 0.05) is 22.5 Å². The highest BCUT2D eigenvalue weighted by Gasteiger charge is 2.10. The third-order valence-corrected chi connectivity index (χ3v) is 4.52. The van der Waals surface area contributed by atoms with Crippen LogP contribution < -0.4 is 4.80 Å². The van der Waals surface area contributed by atoms with Gasteiger partial charge in [0.05, 0.1) is 11.4 Å². The lowest BCUT2D eigenvalue weighted by molar-refractivity contribution is 0.627. The highest BCUT2D eigenvalue weighted by atomic mass is 32.1. The molecular weight excluding hydrogens is 352 g/mol. The summed E-state index contributed by atoms with van der Waals surface area (Å²) in [5.41, 5.74) is 3.01. The monoisotopic (exact) mass is 371 g/mol. The molecule has 0 spiro atoms. The van der Waals surface area contributed by atoms with E-state index in [-0.39, 0.29) is 17.7 Å². The van der Waals surface area contributed by atoms with Crippen LogP contribution in [0.2, 0.25) is 0 Å². The quantitative estimate of drug-likeness (QED) is 0.573. The van der Waals surface area contributed by atoms with Gasteiger partial charge in [-0.3, -0.25) is 4.99 Å². The van der Waals surface area contributed by atoms with Gasteiger partial charge in [-0.1, -0.05) is 12.1 Å². The van der Waals surface area contributed by atoms with Crippen molar-refractivity contribution >= 4 is 17.0 Å². The first-order chi connectivity index (χ1) is 12.4. The third kappa shape index (κ3) is 4.14. The van der Waals surface area contributed by atoms with E-state index in [0.29, 0.717) is 11.3 Å². The fourth-order valence-corrected chi connectivity index (χ4v) is 3.41. The van der Waals surface area contributed by atoms with Crippen molar-refractivity contribution in [3.8, 4) is 11.3 Å². The average Bonchev–Trinajstić information content (AvgIpc) is 2.97. The van der Waals surface area contributed by atoms with E-state index in [2.05, 4.69) is 10.1 Å². The van der Waals surface area contributed by atoms with Crippen LogP contribution in [0, 0.1) is 11.6 Å². The molecule has 0 atom stereocenters. The van der Waals surface area contributed by atoms with E-state index in [1.807, 2.05) is 32.2 Å². The van der Waals surface area contributed by atoms with Crippen LogP contribution >= 0.6 is 11.3 Å². The SMILES string of the molecule is CC(=Nn1c(-c2ccc(F)cc2)csc1=NC(C)C)c1cccc(F)c1. The summed E-state index contributed by atoms with van der Waals surface area (Å²) in [4.78, 5) is 5.35. The van der Waals surface area contributed by atoms with E-state index in [1.54, 1.807) is 22.9 Å². The van der Waals surface area contributed by atoms with Gasteiger partial charge in [-0.05, 0) is 57.2 Å². The van der Waals surface area contributed by atoms with Crippen molar-refractivity contribution in [3.05, 3.63) is 75.9 Å². The van der Waals surface area contributed by atoms with Crippen LogP contribution in [0.5, 0.6) is 0 Å². The number of hydrogen-bond acceptors (Lipinski definition) is 3. The Morgan fingerprint density at radius 2 is 1.77 bits per heavy atom. The lowest BCUT2D eigenvalue weighted by Crippen LogP contribution is -2.16. The van der Waals surface area contributed by atoms with Gasteiger partial charge in [0.1, 0.15) is 11.6 Å². The summed E-state index contributed by atoms with van der Waals surface area (Å²) >= 11 is 1.47. The number of halogens is 2. The number of aromatic nitrogens is 1. The molecule has 1 heterocycles. The zero-order chi connectivity index (χ0) is 18.7.